The van der Waals surface area contributed by atoms with E-state index in [9.17, 15) is 9.59 Å². The van der Waals surface area contributed by atoms with Crippen LogP contribution < -0.4 is 5.56 Å². The number of thiophene rings is 1. The fourth-order valence-electron chi connectivity index (χ4n) is 4.96. The van der Waals surface area contributed by atoms with E-state index in [1.165, 1.54) is 35.0 Å². The zero-order valence-corrected chi connectivity index (χ0v) is 21.1. The number of carbonyl (C=O) groups excluding carboxylic acids is 1. The van der Waals surface area contributed by atoms with Crippen molar-refractivity contribution in [1.29, 1.82) is 0 Å². The van der Waals surface area contributed by atoms with Crippen molar-refractivity contribution in [3.8, 4) is 5.69 Å². The molecule has 174 valence electrons. The molecule has 0 spiro atoms. The summed E-state index contributed by atoms with van der Waals surface area (Å²) in [6.07, 6.45) is 7.64. The summed E-state index contributed by atoms with van der Waals surface area (Å²) in [5, 5.41) is 1.41. The summed E-state index contributed by atoms with van der Waals surface area (Å²) in [5.41, 5.74) is 3.10. The van der Waals surface area contributed by atoms with E-state index >= 15 is 0 Å². The zero-order valence-electron chi connectivity index (χ0n) is 19.4. The largest absolute Gasteiger partial charge is 0.342 e. The molecule has 2 aromatic heterocycles. The van der Waals surface area contributed by atoms with Gasteiger partial charge in [0.05, 0.1) is 16.8 Å². The number of para-hydroxylation sites is 1. The second-order valence-electron chi connectivity index (χ2n) is 9.42. The van der Waals surface area contributed by atoms with Crippen molar-refractivity contribution in [2.75, 3.05) is 18.8 Å². The highest BCUT2D eigenvalue weighted by Crippen LogP contribution is 2.35. The molecule has 1 amide bonds. The molecule has 0 radical (unpaired) electrons. The molecule has 7 heteroatoms. The van der Waals surface area contributed by atoms with Crippen molar-refractivity contribution in [3.63, 3.8) is 0 Å². The zero-order chi connectivity index (χ0) is 22.9. The average molecular weight is 482 g/mol. The molecule has 3 heterocycles. The van der Waals surface area contributed by atoms with Crippen LogP contribution in [0.5, 0.6) is 0 Å². The third-order valence-corrected chi connectivity index (χ3v) is 9.13. The van der Waals surface area contributed by atoms with Crippen LogP contribution in [-0.4, -0.2) is 39.2 Å². The minimum Gasteiger partial charge on any atom is -0.342 e. The van der Waals surface area contributed by atoms with Crippen molar-refractivity contribution in [2.45, 2.75) is 63.9 Å². The molecule has 1 aliphatic carbocycles. The lowest BCUT2D eigenvalue weighted by molar-refractivity contribution is -0.129. The monoisotopic (exact) mass is 481 g/mol. The maximum Gasteiger partial charge on any atom is 0.267 e. The molecule has 2 aliphatic rings. The van der Waals surface area contributed by atoms with Crippen molar-refractivity contribution in [2.24, 2.45) is 5.92 Å². The smallest absolute Gasteiger partial charge is 0.267 e. The molecule has 1 aliphatic heterocycles. The number of aryl methyl sites for hydroxylation is 3. The first-order chi connectivity index (χ1) is 16.0. The topological polar surface area (TPSA) is 55.2 Å². The number of aromatic nitrogens is 2. The number of hydrogen-bond donors (Lipinski definition) is 0. The van der Waals surface area contributed by atoms with E-state index in [4.69, 9.17) is 4.98 Å². The second kappa shape index (κ2) is 9.63. The molecule has 1 aromatic carbocycles. The molecule has 0 saturated carbocycles. The van der Waals surface area contributed by atoms with E-state index in [0.717, 1.165) is 66.7 Å². The summed E-state index contributed by atoms with van der Waals surface area (Å²) in [6, 6.07) is 7.95. The summed E-state index contributed by atoms with van der Waals surface area (Å²) in [7, 11) is 0. The third-order valence-electron chi connectivity index (χ3n) is 7.03. The molecule has 1 fully saturated rings. The van der Waals surface area contributed by atoms with Gasteiger partial charge < -0.3 is 4.90 Å². The number of thioether (sulfide) groups is 1. The predicted octanol–water partition coefficient (Wildman–Crippen LogP) is 5.38. The van der Waals surface area contributed by atoms with Crippen molar-refractivity contribution in [3.05, 3.63) is 50.6 Å². The molecule has 0 N–H and O–H groups in total. The third kappa shape index (κ3) is 4.50. The van der Waals surface area contributed by atoms with Gasteiger partial charge in [0, 0.05) is 18.0 Å². The van der Waals surface area contributed by atoms with E-state index < -0.39 is 0 Å². The normalized spacial score (nSPS) is 17.2. The summed E-state index contributed by atoms with van der Waals surface area (Å²) < 4.78 is 1.76. The number of likely N-dealkylation sites (tertiary alicyclic amines) is 1. The van der Waals surface area contributed by atoms with E-state index in [2.05, 4.69) is 6.92 Å². The van der Waals surface area contributed by atoms with Gasteiger partial charge in [-0.2, -0.15) is 0 Å². The lowest BCUT2D eigenvalue weighted by Gasteiger charge is -2.30. The minimum atomic E-state index is 0.00967. The quantitative estimate of drug-likeness (QED) is 0.285. The molecule has 5 nitrogen and oxygen atoms in total. The number of benzene rings is 1. The fourth-order valence-corrected chi connectivity index (χ4v) is 7.17. The van der Waals surface area contributed by atoms with E-state index in [1.54, 1.807) is 15.9 Å². The number of nitrogens with zero attached hydrogens (tertiary/aromatic N) is 3. The molecule has 33 heavy (non-hydrogen) atoms. The number of piperidine rings is 1. The number of fused-ring (bicyclic) bond motifs is 3. The van der Waals surface area contributed by atoms with Crippen LogP contribution in [0.25, 0.3) is 15.9 Å². The second-order valence-corrected chi connectivity index (χ2v) is 11.4. The Kier molecular flexibility index (Phi) is 6.61. The minimum absolute atomic E-state index is 0.00967. The Morgan fingerprint density at radius 3 is 2.70 bits per heavy atom. The lowest BCUT2D eigenvalue weighted by Crippen LogP contribution is -2.39. The van der Waals surface area contributed by atoms with Gasteiger partial charge in [0.1, 0.15) is 4.83 Å². The molecular formula is C26H31N3O2S2. The van der Waals surface area contributed by atoms with Gasteiger partial charge in [-0.05, 0) is 68.6 Å². The maximum atomic E-state index is 14.0. The van der Waals surface area contributed by atoms with E-state index in [-0.39, 0.29) is 11.5 Å². The summed E-state index contributed by atoms with van der Waals surface area (Å²) in [4.78, 5) is 36.0. The van der Waals surface area contributed by atoms with Gasteiger partial charge in [-0.15, -0.1) is 11.3 Å². The molecule has 0 bridgehead atoms. The standard InChI is InChI=1S/C26H31N3O2S2/c1-17-12-14-28(15-13-17)22(30)16-32-26-27-24-23(19-9-4-3-5-11-21(19)33-24)25(31)29(26)20-10-7-6-8-18(20)2/h6-8,10,17H,3-5,9,11-16H2,1-2H3. The SMILES string of the molecule is Cc1ccccc1-n1c(SCC(=O)N2CCC(C)CC2)nc2sc3c(c2c1=O)CCCCC3. The van der Waals surface area contributed by atoms with Crippen LogP contribution in [0.15, 0.2) is 34.2 Å². The Morgan fingerprint density at radius 2 is 1.91 bits per heavy atom. The maximum absolute atomic E-state index is 14.0. The molecule has 0 atom stereocenters. The number of amides is 1. The Morgan fingerprint density at radius 1 is 1.15 bits per heavy atom. The fraction of sp³-hybridized carbons (Fsp3) is 0.500. The number of carbonyl (C=O) groups is 1. The van der Waals surface area contributed by atoms with E-state index in [1.807, 2.05) is 36.1 Å². The summed E-state index contributed by atoms with van der Waals surface area (Å²) in [5.74, 6) is 1.13. The lowest BCUT2D eigenvalue weighted by atomic mass is 9.99. The molecular weight excluding hydrogens is 450 g/mol. The van der Waals surface area contributed by atoms with Gasteiger partial charge in [0.2, 0.25) is 5.91 Å². The van der Waals surface area contributed by atoms with Crippen LogP contribution >= 0.6 is 23.1 Å². The highest BCUT2D eigenvalue weighted by molar-refractivity contribution is 7.99. The average Bonchev–Trinajstić information content (AvgIpc) is 3.00. The molecule has 1 saturated heterocycles. The van der Waals surface area contributed by atoms with Crippen molar-refractivity contribution < 1.29 is 4.79 Å². The summed E-state index contributed by atoms with van der Waals surface area (Å²) >= 11 is 3.08. The number of hydrogen-bond acceptors (Lipinski definition) is 5. The van der Waals surface area contributed by atoms with Crippen LogP contribution in [0.3, 0.4) is 0 Å². The summed E-state index contributed by atoms with van der Waals surface area (Å²) in [6.45, 7) is 5.93. The van der Waals surface area contributed by atoms with Crippen LogP contribution in [0, 0.1) is 12.8 Å². The van der Waals surface area contributed by atoms with Gasteiger partial charge >= 0.3 is 0 Å². The van der Waals surface area contributed by atoms with Crippen LogP contribution in [0.2, 0.25) is 0 Å². The Labute approximate surface area is 203 Å². The molecule has 3 aromatic rings. The van der Waals surface area contributed by atoms with Crippen LogP contribution in [0.4, 0.5) is 0 Å². The van der Waals surface area contributed by atoms with Gasteiger partial charge in [-0.1, -0.05) is 43.3 Å². The highest BCUT2D eigenvalue weighted by atomic mass is 32.2. The Bertz CT molecular complexity index is 1240. The van der Waals surface area contributed by atoms with Gasteiger partial charge in [-0.25, -0.2) is 4.98 Å². The molecule has 0 unspecified atom stereocenters. The predicted molar refractivity (Wildman–Crippen MR) is 137 cm³/mol. The number of rotatable bonds is 4. The molecule has 5 rings (SSSR count). The Hall–Kier alpha value is -2.12. The van der Waals surface area contributed by atoms with Crippen molar-refractivity contribution >= 4 is 39.2 Å². The van der Waals surface area contributed by atoms with Gasteiger partial charge in [-0.3, -0.25) is 14.2 Å². The first-order valence-corrected chi connectivity index (χ1v) is 13.9. The highest BCUT2D eigenvalue weighted by Gasteiger charge is 2.25. The Balaban J connectivity index is 1.55. The van der Waals surface area contributed by atoms with Gasteiger partial charge in [0.25, 0.3) is 5.56 Å². The first kappa shape index (κ1) is 22.7. The van der Waals surface area contributed by atoms with Crippen molar-refractivity contribution in [1.82, 2.24) is 14.5 Å². The first-order valence-electron chi connectivity index (χ1n) is 12.1. The van der Waals surface area contributed by atoms with Crippen LogP contribution in [-0.2, 0) is 17.6 Å². The van der Waals surface area contributed by atoms with Crippen LogP contribution in [0.1, 0.15) is 55.0 Å². The van der Waals surface area contributed by atoms with Gasteiger partial charge in [0.15, 0.2) is 5.16 Å². The van der Waals surface area contributed by atoms with E-state index in [0.29, 0.717) is 16.8 Å².